The van der Waals surface area contributed by atoms with Crippen LogP contribution in [0.3, 0.4) is 0 Å². The molecule has 1 unspecified atom stereocenters. The summed E-state index contributed by atoms with van der Waals surface area (Å²) in [6.45, 7) is 0. The van der Waals surface area contributed by atoms with Crippen molar-refractivity contribution >= 4 is 5.69 Å². The van der Waals surface area contributed by atoms with Crippen molar-refractivity contribution in [2.24, 2.45) is 0 Å². The van der Waals surface area contributed by atoms with E-state index in [-0.39, 0.29) is 0 Å². The van der Waals surface area contributed by atoms with Gasteiger partial charge < -0.3 is 10.1 Å². The molecule has 0 amide bonds. The number of hydrogen-bond donors (Lipinski definition) is 1. The molecule has 20 heavy (non-hydrogen) atoms. The van der Waals surface area contributed by atoms with Crippen LogP contribution in [0.25, 0.3) is 0 Å². The van der Waals surface area contributed by atoms with Gasteiger partial charge in [-0.05, 0) is 42.5 Å². The summed E-state index contributed by atoms with van der Waals surface area (Å²) in [5.41, 5.74) is 4.07. The van der Waals surface area contributed by atoms with E-state index in [0.29, 0.717) is 6.04 Å². The zero-order chi connectivity index (χ0) is 13.8. The zero-order valence-electron chi connectivity index (χ0n) is 11.9. The Morgan fingerprint density at radius 3 is 2.85 bits per heavy atom. The van der Waals surface area contributed by atoms with E-state index < -0.39 is 0 Å². The minimum atomic E-state index is 0.404. The molecule has 0 aromatic heterocycles. The van der Waals surface area contributed by atoms with Crippen molar-refractivity contribution in [1.29, 1.82) is 0 Å². The number of fused-ring (bicyclic) bond motifs is 1. The highest BCUT2D eigenvalue weighted by atomic mass is 16.5. The number of benzene rings is 2. The maximum absolute atomic E-state index is 5.30. The van der Waals surface area contributed by atoms with Gasteiger partial charge in [-0.25, -0.2) is 0 Å². The Labute approximate surface area is 120 Å². The van der Waals surface area contributed by atoms with Crippen LogP contribution in [0.1, 0.15) is 36.4 Å². The van der Waals surface area contributed by atoms with E-state index in [1.165, 1.54) is 36.8 Å². The average molecular weight is 267 g/mol. The number of nitrogens with one attached hydrogen (secondary N) is 1. The van der Waals surface area contributed by atoms with Gasteiger partial charge in [0.25, 0.3) is 0 Å². The number of rotatable bonds is 3. The number of ether oxygens (including phenoxy) is 1. The molecule has 0 aliphatic heterocycles. The number of anilines is 1. The van der Waals surface area contributed by atoms with E-state index in [1.54, 1.807) is 7.11 Å². The van der Waals surface area contributed by atoms with Crippen LogP contribution in [-0.2, 0) is 6.42 Å². The van der Waals surface area contributed by atoms with Crippen LogP contribution in [-0.4, -0.2) is 7.11 Å². The first-order chi connectivity index (χ1) is 9.86. The van der Waals surface area contributed by atoms with Crippen molar-refractivity contribution in [3.05, 3.63) is 59.7 Å². The highest BCUT2D eigenvalue weighted by Gasteiger charge is 2.18. The van der Waals surface area contributed by atoms with Crippen molar-refractivity contribution in [2.75, 3.05) is 12.4 Å². The van der Waals surface area contributed by atoms with Gasteiger partial charge in [0.1, 0.15) is 5.75 Å². The number of aryl methyl sites for hydroxylation is 1. The molecule has 0 heterocycles. The predicted octanol–water partition coefficient (Wildman–Crippen LogP) is 4.57. The molecule has 2 heteroatoms. The van der Waals surface area contributed by atoms with Gasteiger partial charge in [0.2, 0.25) is 0 Å². The molecule has 1 aliphatic carbocycles. The van der Waals surface area contributed by atoms with Gasteiger partial charge in [0.05, 0.1) is 13.2 Å². The standard InChI is InChI=1S/C18H21NO/c1-20-16-10-6-9-15(13-16)19-18-12-5-3-8-14-7-2-4-11-17(14)18/h2,4,6-7,9-11,13,18-19H,3,5,8,12H2,1H3. The lowest BCUT2D eigenvalue weighted by Gasteiger charge is -2.21. The van der Waals surface area contributed by atoms with E-state index in [4.69, 9.17) is 4.74 Å². The fraction of sp³-hybridized carbons (Fsp3) is 0.333. The molecular formula is C18H21NO. The lowest BCUT2D eigenvalue weighted by atomic mass is 9.99. The van der Waals surface area contributed by atoms with Crippen molar-refractivity contribution in [3.8, 4) is 5.75 Å². The molecular weight excluding hydrogens is 246 g/mol. The monoisotopic (exact) mass is 267 g/mol. The second-order valence-electron chi connectivity index (χ2n) is 5.37. The van der Waals surface area contributed by atoms with E-state index in [2.05, 4.69) is 41.7 Å². The molecule has 1 N–H and O–H groups in total. The molecule has 0 spiro atoms. The molecule has 0 bridgehead atoms. The SMILES string of the molecule is COc1cccc(NC2CCCCc3ccccc32)c1. The third kappa shape index (κ3) is 2.79. The largest absolute Gasteiger partial charge is 0.497 e. The Hall–Kier alpha value is -1.96. The lowest BCUT2D eigenvalue weighted by molar-refractivity contribution is 0.415. The van der Waals surface area contributed by atoms with Gasteiger partial charge in [-0.3, -0.25) is 0 Å². The van der Waals surface area contributed by atoms with Crippen LogP contribution in [0.15, 0.2) is 48.5 Å². The van der Waals surface area contributed by atoms with Gasteiger partial charge in [0, 0.05) is 11.8 Å². The van der Waals surface area contributed by atoms with Crippen molar-refractivity contribution in [1.82, 2.24) is 0 Å². The maximum atomic E-state index is 5.30. The highest BCUT2D eigenvalue weighted by Crippen LogP contribution is 2.32. The Morgan fingerprint density at radius 1 is 1.05 bits per heavy atom. The van der Waals surface area contributed by atoms with Gasteiger partial charge in [-0.2, -0.15) is 0 Å². The third-order valence-electron chi connectivity index (χ3n) is 4.03. The van der Waals surface area contributed by atoms with Crippen molar-refractivity contribution in [2.45, 2.75) is 31.7 Å². The Bertz CT molecular complexity index is 579. The van der Waals surface area contributed by atoms with E-state index in [0.717, 1.165) is 11.4 Å². The van der Waals surface area contributed by atoms with Gasteiger partial charge >= 0.3 is 0 Å². The first kappa shape index (κ1) is 13.0. The van der Waals surface area contributed by atoms with Crippen LogP contribution in [0.5, 0.6) is 5.75 Å². The van der Waals surface area contributed by atoms with Gasteiger partial charge in [-0.15, -0.1) is 0 Å². The van der Waals surface area contributed by atoms with Crippen LogP contribution in [0.4, 0.5) is 5.69 Å². The first-order valence-electron chi connectivity index (χ1n) is 7.35. The molecule has 3 rings (SSSR count). The fourth-order valence-corrected chi connectivity index (χ4v) is 2.99. The van der Waals surface area contributed by atoms with Gasteiger partial charge in [-0.1, -0.05) is 36.8 Å². The Balaban J connectivity index is 1.86. The summed E-state index contributed by atoms with van der Waals surface area (Å²) in [5, 5.41) is 3.67. The summed E-state index contributed by atoms with van der Waals surface area (Å²) in [6, 6.07) is 17.4. The molecule has 104 valence electrons. The van der Waals surface area contributed by atoms with Crippen LogP contribution >= 0.6 is 0 Å². The number of methoxy groups -OCH3 is 1. The zero-order valence-corrected chi connectivity index (χ0v) is 11.9. The highest BCUT2D eigenvalue weighted by molar-refractivity contribution is 5.50. The third-order valence-corrected chi connectivity index (χ3v) is 4.03. The molecule has 1 atom stereocenters. The Morgan fingerprint density at radius 2 is 1.95 bits per heavy atom. The molecule has 0 saturated carbocycles. The lowest BCUT2D eigenvalue weighted by Crippen LogP contribution is -2.11. The molecule has 1 aliphatic rings. The molecule has 2 nitrogen and oxygen atoms in total. The van der Waals surface area contributed by atoms with Crippen LogP contribution in [0.2, 0.25) is 0 Å². The summed E-state index contributed by atoms with van der Waals surface area (Å²) in [5.74, 6) is 0.900. The van der Waals surface area contributed by atoms with Crippen molar-refractivity contribution < 1.29 is 4.74 Å². The predicted molar refractivity (Wildman–Crippen MR) is 83.4 cm³/mol. The normalized spacial score (nSPS) is 17.9. The minimum absolute atomic E-state index is 0.404. The van der Waals surface area contributed by atoms with Crippen LogP contribution in [0, 0.1) is 0 Å². The van der Waals surface area contributed by atoms with E-state index in [1.807, 2.05) is 12.1 Å². The molecule has 0 fully saturated rings. The second-order valence-corrected chi connectivity index (χ2v) is 5.37. The van der Waals surface area contributed by atoms with Gasteiger partial charge in [0.15, 0.2) is 0 Å². The quantitative estimate of drug-likeness (QED) is 0.822. The average Bonchev–Trinajstić information content (AvgIpc) is 2.70. The summed E-state index contributed by atoms with van der Waals surface area (Å²) < 4.78 is 5.30. The molecule has 0 saturated heterocycles. The maximum Gasteiger partial charge on any atom is 0.120 e. The summed E-state index contributed by atoms with van der Waals surface area (Å²) in [4.78, 5) is 0. The van der Waals surface area contributed by atoms with E-state index in [9.17, 15) is 0 Å². The molecule has 2 aromatic carbocycles. The molecule has 2 aromatic rings. The summed E-state index contributed by atoms with van der Waals surface area (Å²) >= 11 is 0. The summed E-state index contributed by atoms with van der Waals surface area (Å²) in [7, 11) is 1.71. The Kier molecular flexibility index (Phi) is 3.91. The fourth-order valence-electron chi connectivity index (χ4n) is 2.99. The summed E-state index contributed by atoms with van der Waals surface area (Å²) in [6.07, 6.45) is 4.95. The van der Waals surface area contributed by atoms with Crippen LogP contribution < -0.4 is 10.1 Å². The minimum Gasteiger partial charge on any atom is -0.497 e. The topological polar surface area (TPSA) is 21.3 Å². The van der Waals surface area contributed by atoms with E-state index >= 15 is 0 Å². The smallest absolute Gasteiger partial charge is 0.120 e. The number of hydrogen-bond acceptors (Lipinski definition) is 2. The van der Waals surface area contributed by atoms with Crippen molar-refractivity contribution in [3.63, 3.8) is 0 Å². The first-order valence-corrected chi connectivity index (χ1v) is 7.35. The molecule has 0 radical (unpaired) electrons. The second kappa shape index (κ2) is 6.00.